The highest BCUT2D eigenvalue weighted by Gasteiger charge is 2.64. The van der Waals surface area contributed by atoms with Crippen molar-refractivity contribution in [2.75, 3.05) is 12.0 Å². The first kappa shape index (κ1) is 19.5. The van der Waals surface area contributed by atoms with Gasteiger partial charge in [0.05, 0.1) is 30.7 Å². The molecule has 3 aliphatic heterocycles. The Hall–Kier alpha value is -3.45. The molecule has 2 fully saturated rings. The molecular weight excluding hydrogens is 418 g/mol. The molecule has 0 saturated carbocycles. The van der Waals surface area contributed by atoms with Gasteiger partial charge in [-0.3, -0.25) is 19.4 Å². The lowest BCUT2D eigenvalue weighted by Crippen LogP contribution is -2.46. The Morgan fingerprint density at radius 2 is 1.81 bits per heavy atom. The van der Waals surface area contributed by atoms with E-state index in [4.69, 9.17) is 16.3 Å². The first-order valence-electron chi connectivity index (χ1n) is 9.82. The molecule has 2 aromatic carbocycles. The predicted octanol–water partition coefficient (Wildman–Crippen LogP) is 2.95. The van der Waals surface area contributed by atoms with Crippen LogP contribution >= 0.6 is 11.6 Å². The van der Waals surface area contributed by atoms with Crippen LogP contribution in [0.25, 0.3) is 0 Å². The highest BCUT2D eigenvalue weighted by atomic mass is 35.5. The highest BCUT2D eigenvalue weighted by molar-refractivity contribution is 6.31. The predicted molar refractivity (Wildman–Crippen MR) is 115 cm³/mol. The number of halogens is 1. The summed E-state index contributed by atoms with van der Waals surface area (Å²) in [6, 6.07) is 11.9. The van der Waals surface area contributed by atoms with Gasteiger partial charge in [-0.2, -0.15) is 5.10 Å². The highest BCUT2D eigenvalue weighted by Crippen LogP contribution is 2.46. The molecule has 3 heterocycles. The molecule has 0 aromatic heterocycles. The van der Waals surface area contributed by atoms with E-state index in [1.54, 1.807) is 72.9 Å². The molecule has 5 rings (SSSR count). The Bertz CT molecular complexity index is 1140. The smallest absolute Gasteiger partial charge is 0.240 e. The SMILES string of the molecule is COc1ccc(C(=O)[C@H]2[C@@H]3C(=O)N(c4cccc(Cl)c4)C(=O)[C@@H]3[C@H]3C=CC=NN32)cc1. The number of Topliss-reactive ketones (excluding diaryl/α,β-unsaturated/α-hetero) is 1. The van der Waals surface area contributed by atoms with Gasteiger partial charge in [0.2, 0.25) is 11.8 Å². The standard InChI is InChI=1S/C23H18ClN3O4/c1-31-16-9-7-13(8-10-16)21(28)20-19-18(17-6-3-11-25-27(17)20)22(29)26(23(19)30)15-5-2-4-14(24)12-15/h2-12,17-20H,1H3/t17-,18-,19-,20-/m1/s1. The topological polar surface area (TPSA) is 79.3 Å². The maximum absolute atomic E-state index is 13.5. The van der Waals surface area contributed by atoms with E-state index in [1.165, 1.54) is 0 Å². The van der Waals surface area contributed by atoms with Crippen LogP contribution in [0.5, 0.6) is 5.75 Å². The first-order chi connectivity index (χ1) is 15.0. The second-order valence-electron chi connectivity index (χ2n) is 7.60. The molecule has 4 atom stereocenters. The van der Waals surface area contributed by atoms with Crippen LogP contribution < -0.4 is 9.64 Å². The van der Waals surface area contributed by atoms with Gasteiger partial charge in [-0.1, -0.05) is 23.7 Å². The molecule has 8 heteroatoms. The quantitative estimate of drug-likeness (QED) is 0.545. The molecule has 0 spiro atoms. The fourth-order valence-corrected chi connectivity index (χ4v) is 4.82. The van der Waals surface area contributed by atoms with Crippen molar-refractivity contribution in [3.63, 3.8) is 0 Å². The minimum atomic E-state index is -0.884. The van der Waals surface area contributed by atoms with Crippen LogP contribution in [0.1, 0.15) is 10.4 Å². The average Bonchev–Trinajstić information content (AvgIpc) is 3.26. The number of hydrazone groups is 1. The Kier molecular flexibility index (Phi) is 4.63. The number of nitrogens with zero attached hydrogens (tertiary/aromatic N) is 3. The number of allylic oxidation sites excluding steroid dienone is 1. The van der Waals surface area contributed by atoms with E-state index in [0.29, 0.717) is 22.0 Å². The third kappa shape index (κ3) is 2.96. The summed E-state index contributed by atoms with van der Waals surface area (Å²) in [6.45, 7) is 0. The average molecular weight is 436 g/mol. The Morgan fingerprint density at radius 1 is 1.06 bits per heavy atom. The summed E-state index contributed by atoms with van der Waals surface area (Å²) in [5.74, 6) is -1.95. The molecule has 2 saturated heterocycles. The lowest BCUT2D eigenvalue weighted by Gasteiger charge is -2.30. The largest absolute Gasteiger partial charge is 0.497 e. The fraction of sp³-hybridized carbons (Fsp3) is 0.217. The van der Waals surface area contributed by atoms with Crippen molar-refractivity contribution in [3.05, 3.63) is 71.3 Å². The number of carbonyl (C=O) groups excluding carboxylic acids is 3. The van der Waals surface area contributed by atoms with Gasteiger partial charge >= 0.3 is 0 Å². The summed E-state index contributed by atoms with van der Waals surface area (Å²) < 4.78 is 5.16. The minimum Gasteiger partial charge on any atom is -0.497 e. The van der Waals surface area contributed by atoms with Crippen LogP contribution in [0.15, 0.2) is 65.8 Å². The Balaban J connectivity index is 1.56. The monoisotopic (exact) mass is 435 g/mol. The van der Waals surface area contributed by atoms with E-state index in [-0.39, 0.29) is 11.7 Å². The van der Waals surface area contributed by atoms with Crippen molar-refractivity contribution in [1.29, 1.82) is 0 Å². The number of fused-ring (bicyclic) bond motifs is 3. The van der Waals surface area contributed by atoms with Crippen molar-refractivity contribution in [2.45, 2.75) is 12.1 Å². The molecule has 0 N–H and O–H groups in total. The van der Waals surface area contributed by atoms with E-state index in [0.717, 1.165) is 4.90 Å². The van der Waals surface area contributed by atoms with E-state index >= 15 is 0 Å². The number of hydrogen-bond acceptors (Lipinski definition) is 6. The minimum absolute atomic E-state index is 0.262. The Morgan fingerprint density at radius 3 is 2.52 bits per heavy atom. The first-order valence-corrected chi connectivity index (χ1v) is 10.2. The van der Waals surface area contributed by atoms with Gasteiger partial charge in [0.15, 0.2) is 5.78 Å². The lowest BCUT2D eigenvalue weighted by atomic mass is 9.86. The molecule has 31 heavy (non-hydrogen) atoms. The van der Waals surface area contributed by atoms with Gasteiger partial charge in [0, 0.05) is 16.8 Å². The lowest BCUT2D eigenvalue weighted by molar-refractivity contribution is -0.123. The number of ketones is 1. The van der Waals surface area contributed by atoms with E-state index in [1.807, 2.05) is 6.08 Å². The number of benzene rings is 2. The number of methoxy groups -OCH3 is 1. The van der Waals surface area contributed by atoms with Crippen LogP contribution in [0.2, 0.25) is 5.02 Å². The third-order valence-corrected chi connectivity index (χ3v) is 6.24. The molecule has 3 aliphatic rings. The number of ether oxygens (including phenoxy) is 1. The third-order valence-electron chi connectivity index (χ3n) is 6.00. The molecule has 0 bridgehead atoms. The number of hydrogen-bond donors (Lipinski definition) is 0. The van der Waals surface area contributed by atoms with Gasteiger partial charge in [-0.25, -0.2) is 4.90 Å². The van der Waals surface area contributed by atoms with Crippen molar-refractivity contribution >= 4 is 41.1 Å². The summed E-state index contributed by atoms with van der Waals surface area (Å²) in [6.07, 6.45) is 5.12. The van der Waals surface area contributed by atoms with Crippen molar-refractivity contribution in [3.8, 4) is 5.75 Å². The van der Waals surface area contributed by atoms with Gasteiger partial charge in [-0.05, 0) is 48.5 Å². The summed E-state index contributed by atoms with van der Waals surface area (Å²) in [4.78, 5) is 41.5. The van der Waals surface area contributed by atoms with Gasteiger partial charge in [0.25, 0.3) is 0 Å². The molecule has 0 aliphatic carbocycles. The fourth-order valence-electron chi connectivity index (χ4n) is 4.63. The second kappa shape index (κ2) is 7.35. The van der Waals surface area contributed by atoms with Gasteiger partial charge in [0.1, 0.15) is 11.8 Å². The van der Waals surface area contributed by atoms with Crippen LogP contribution in [0.4, 0.5) is 5.69 Å². The van der Waals surface area contributed by atoms with Crippen LogP contribution in [0.3, 0.4) is 0 Å². The van der Waals surface area contributed by atoms with Crippen LogP contribution in [0, 0.1) is 11.8 Å². The summed E-state index contributed by atoms with van der Waals surface area (Å²) >= 11 is 6.08. The second-order valence-corrected chi connectivity index (χ2v) is 8.04. The molecular formula is C23H18ClN3O4. The summed E-state index contributed by atoms with van der Waals surface area (Å²) in [5.41, 5.74) is 0.832. The molecule has 0 radical (unpaired) electrons. The zero-order valence-corrected chi connectivity index (χ0v) is 17.3. The number of carbonyl (C=O) groups is 3. The zero-order valence-electron chi connectivity index (χ0n) is 16.5. The number of anilines is 1. The van der Waals surface area contributed by atoms with Crippen LogP contribution in [-0.2, 0) is 9.59 Å². The molecule has 156 valence electrons. The maximum Gasteiger partial charge on any atom is 0.240 e. The van der Waals surface area contributed by atoms with Crippen molar-refractivity contribution < 1.29 is 19.1 Å². The van der Waals surface area contributed by atoms with E-state index in [2.05, 4.69) is 5.10 Å². The summed E-state index contributed by atoms with van der Waals surface area (Å²) in [5, 5.41) is 6.36. The normalized spacial score (nSPS) is 26.3. The van der Waals surface area contributed by atoms with Crippen LogP contribution in [-0.4, -0.2) is 48.0 Å². The Labute approximate surface area is 183 Å². The molecule has 0 unspecified atom stereocenters. The molecule has 2 amide bonds. The van der Waals surface area contributed by atoms with Gasteiger partial charge < -0.3 is 4.74 Å². The summed E-state index contributed by atoms with van der Waals surface area (Å²) in [7, 11) is 1.55. The van der Waals surface area contributed by atoms with Gasteiger partial charge in [-0.15, -0.1) is 0 Å². The molecule has 7 nitrogen and oxygen atoms in total. The van der Waals surface area contributed by atoms with Crippen molar-refractivity contribution in [2.24, 2.45) is 16.9 Å². The number of rotatable bonds is 4. The van der Waals surface area contributed by atoms with Crippen molar-refractivity contribution in [1.82, 2.24) is 5.01 Å². The zero-order chi connectivity index (χ0) is 21.7. The van der Waals surface area contributed by atoms with E-state index in [9.17, 15) is 14.4 Å². The molecule has 2 aromatic rings. The number of imide groups is 1. The van der Waals surface area contributed by atoms with E-state index < -0.39 is 29.8 Å². The maximum atomic E-state index is 13.5. The number of amides is 2.